The van der Waals surface area contributed by atoms with Gasteiger partial charge in [-0.1, -0.05) is 19.1 Å². The molecule has 1 heterocycles. The minimum absolute atomic E-state index is 0.121. The van der Waals surface area contributed by atoms with Gasteiger partial charge < -0.3 is 20.5 Å². The number of esters is 1. The van der Waals surface area contributed by atoms with Gasteiger partial charge in [0.2, 0.25) is 0 Å². The quantitative estimate of drug-likeness (QED) is 0.548. The van der Waals surface area contributed by atoms with E-state index in [0.29, 0.717) is 23.4 Å². The van der Waals surface area contributed by atoms with Crippen LogP contribution in [0, 0.1) is 0 Å². The number of benzene rings is 1. The molecule has 0 saturated carbocycles. The SMILES string of the molecule is CCSCCOC(=O)C1=C(C)NC(=O)N[C@@H]1c1ccc(O)cc1. The fourth-order valence-electron chi connectivity index (χ4n) is 2.30. The molecule has 2 rings (SSSR count). The van der Waals surface area contributed by atoms with Gasteiger partial charge in [0.25, 0.3) is 0 Å². The van der Waals surface area contributed by atoms with E-state index in [4.69, 9.17) is 4.74 Å². The fraction of sp³-hybridized carbons (Fsp3) is 0.375. The molecule has 0 aliphatic carbocycles. The Kier molecular flexibility index (Phi) is 5.92. The van der Waals surface area contributed by atoms with Gasteiger partial charge in [-0.05, 0) is 30.4 Å². The van der Waals surface area contributed by atoms with Crippen molar-refractivity contribution in [1.82, 2.24) is 10.6 Å². The molecule has 0 fully saturated rings. The van der Waals surface area contributed by atoms with Crippen LogP contribution in [0.15, 0.2) is 35.5 Å². The summed E-state index contributed by atoms with van der Waals surface area (Å²) in [6.07, 6.45) is 0. The molecule has 0 unspecified atom stereocenters. The minimum Gasteiger partial charge on any atom is -0.508 e. The number of thioether (sulfide) groups is 1. The van der Waals surface area contributed by atoms with Crippen LogP contribution < -0.4 is 10.6 Å². The van der Waals surface area contributed by atoms with Crippen LogP contribution in [0.1, 0.15) is 25.5 Å². The van der Waals surface area contributed by atoms with E-state index in [2.05, 4.69) is 10.6 Å². The Bertz CT molecular complexity index is 613. The second-order valence-electron chi connectivity index (χ2n) is 4.99. The highest BCUT2D eigenvalue weighted by atomic mass is 32.2. The highest BCUT2D eigenvalue weighted by Gasteiger charge is 2.32. The summed E-state index contributed by atoms with van der Waals surface area (Å²) in [5.41, 5.74) is 1.55. The minimum atomic E-state index is -0.601. The van der Waals surface area contributed by atoms with Crippen molar-refractivity contribution in [2.45, 2.75) is 19.9 Å². The lowest BCUT2D eigenvalue weighted by molar-refractivity contribution is -0.138. The van der Waals surface area contributed by atoms with Gasteiger partial charge in [-0.3, -0.25) is 0 Å². The van der Waals surface area contributed by atoms with Crippen LogP contribution in [0.4, 0.5) is 4.79 Å². The molecule has 0 spiro atoms. The number of nitrogens with one attached hydrogen (secondary N) is 2. The van der Waals surface area contributed by atoms with E-state index in [1.807, 2.05) is 6.92 Å². The Hall–Kier alpha value is -2.15. The molecule has 0 saturated heterocycles. The zero-order valence-corrected chi connectivity index (χ0v) is 13.9. The number of carbonyl (C=O) groups excluding carboxylic acids is 2. The molecular formula is C16H20N2O4S. The summed E-state index contributed by atoms with van der Waals surface area (Å²) in [5.74, 6) is 1.37. The second-order valence-corrected chi connectivity index (χ2v) is 6.39. The van der Waals surface area contributed by atoms with Gasteiger partial charge in [-0.15, -0.1) is 0 Å². The van der Waals surface area contributed by atoms with Crippen molar-refractivity contribution in [3.8, 4) is 5.75 Å². The van der Waals surface area contributed by atoms with E-state index in [-0.39, 0.29) is 11.8 Å². The predicted molar refractivity (Wildman–Crippen MR) is 89.2 cm³/mol. The van der Waals surface area contributed by atoms with Crippen LogP contribution in [-0.4, -0.2) is 35.2 Å². The molecule has 0 aromatic heterocycles. The number of phenolic OH excluding ortho intramolecular Hbond substituents is 1. The largest absolute Gasteiger partial charge is 0.508 e. The molecule has 0 radical (unpaired) electrons. The first-order valence-electron chi connectivity index (χ1n) is 7.35. The Morgan fingerprint density at radius 1 is 1.35 bits per heavy atom. The Morgan fingerprint density at radius 3 is 2.70 bits per heavy atom. The zero-order chi connectivity index (χ0) is 16.8. The van der Waals surface area contributed by atoms with Crippen molar-refractivity contribution in [2.75, 3.05) is 18.1 Å². The van der Waals surface area contributed by atoms with Crippen molar-refractivity contribution in [3.05, 3.63) is 41.1 Å². The molecule has 1 aliphatic heterocycles. The van der Waals surface area contributed by atoms with Gasteiger partial charge in [0, 0.05) is 11.4 Å². The first kappa shape index (κ1) is 17.2. The second kappa shape index (κ2) is 7.92. The number of hydrogen-bond donors (Lipinski definition) is 3. The van der Waals surface area contributed by atoms with Crippen molar-refractivity contribution in [2.24, 2.45) is 0 Å². The third-order valence-electron chi connectivity index (χ3n) is 3.38. The van der Waals surface area contributed by atoms with Crippen molar-refractivity contribution < 1.29 is 19.4 Å². The Labute approximate surface area is 139 Å². The Balaban J connectivity index is 2.20. The maximum absolute atomic E-state index is 12.4. The van der Waals surface area contributed by atoms with E-state index in [1.165, 1.54) is 12.1 Å². The van der Waals surface area contributed by atoms with E-state index in [9.17, 15) is 14.7 Å². The summed E-state index contributed by atoms with van der Waals surface area (Å²) < 4.78 is 5.31. The van der Waals surface area contributed by atoms with Crippen molar-refractivity contribution in [3.63, 3.8) is 0 Å². The molecule has 23 heavy (non-hydrogen) atoms. The number of carbonyl (C=O) groups is 2. The van der Waals surface area contributed by atoms with Crippen LogP contribution in [0.5, 0.6) is 5.75 Å². The normalized spacial score (nSPS) is 17.5. The number of ether oxygens (including phenoxy) is 1. The van der Waals surface area contributed by atoms with E-state index < -0.39 is 12.0 Å². The maximum Gasteiger partial charge on any atom is 0.338 e. The summed E-state index contributed by atoms with van der Waals surface area (Å²) in [6.45, 7) is 4.04. The smallest absolute Gasteiger partial charge is 0.338 e. The Morgan fingerprint density at radius 2 is 2.04 bits per heavy atom. The number of amides is 2. The van der Waals surface area contributed by atoms with Crippen molar-refractivity contribution in [1.29, 1.82) is 0 Å². The molecule has 124 valence electrons. The topological polar surface area (TPSA) is 87.7 Å². The summed E-state index contributed by atoms with van der Waals surface area (Å²) in [7, 11) is 0. The molecule has 6 nitrogen and oxygen atoms in total. The lowest BCUT2D eigenvalue weighted by Crippen LogP contribution is -2.45. The summed E-state index contributed by atoms with van der Waals surface area (Å²) in [5, 5.41) is 14.7. The van der Waals surface area contributed by atoms with E-state index in [1.54, 1.807) is 30.8 Å². The number of aromatic hydroxyl groups is 1. The van der Waals surface area contributed by atoms with Gasteiger partial charge >= 0.3 is 12.0 Å². The summed E-state index contributed by atoms with van der Waals surface area (Å²) in [4.78, 5) is 24.1. The molecule has 2 amide bonds. The zero-order valence-electron chi connectivity index (χ0n) is 13.1. The third kappa shape index (κ3) is 4.41. The number of phenols is 1. The monoisotopic (exact) mass is 336 g/mol. The average molecular weight is 336 g/mol. The predicted octanol–water partition coefficient (Wildman–Crippen LogP) is 2.32. The molecule has 3 N–H and O–H groups in total. The molecule has 0 bridgehead atoms. The van der Waals surface area contributed by atoms with Crippen LogP contribution in [-0.2, 0) is 9.53 Å². The van der Waals surface area contributed by atoms with Gasteiger partial charge in [-0.25, -0.2) is 9.59 Å². The molecular weight excluding hydrogens is 316 g/mol. The summed E-state index contributed by atoms with van der Waals surface area (Å²) in [6, 6.07) is 5.38. The summed E-state index contributed by atoms with van der Waals surface area (Å²) >= 11 is 1.69. The van der Waals surface area contributed by atoms with Gasteiger partial charge in [-0.2, -0.15) is 11.8 Å². The van der Waals surface area contributed by atoms with Crippen molar-refractivity contribution >= 4 is 23.8 Å². The first-order valence-corrected chi connectivity index (χ1v) is 8.50. The number of hydrogen-bond acceptors (Lipinski definition) is 5. The van der Waals surface area contributed by atoms with Crippen LogP contribution >= 0.6 is 11.8 Å². The number of allylic oxidation sites excluding steroid dienone is 1. The molecule has 1 aliphatic rings. The van der Waals surface area contributed by atoms with Gasteiger partial charge in [0.05, 0.1) is 11.6 Å². The molecule has 1 aromatic rings. The highest BCUT2D eigenvalue weighted by Crippen LogP contribution is 2.28. The van der Waals surface area contributed by atoms with E-state index >= 15 is 0 Å². The first-order chi connectivity index (χ1) is 11.0. The van der Waals surface area contributed by atoms with Gasteiger partial charge in [0.15, 0.2) is 0 Å². The highest BCUT2D eigenvalue weighted by molar-refractivity contribution is 7.99. The standard InChI is InChI=1S/C16H20N2O4S/c1-3-23-9-8-22-15(20)13-10(2)17-16(21)18-14(13)11-4-6-12(19)7-5-11/h4-7,14,19H,3,8-9H2,1-2H3,(H2,17,18,21)/t14-/m1/s1. The maximum atomic E-state index is 12.4. The van der Waals surface area contributed by atoms with Gasteiger partial charge in [0.1, 0.15) is 12.4 Å². The molecule has 7 heteroatoms. The van der Waals surface area contributed by atoms with Crippen LogP contribution in [0.25, 0.3) is 0 Å². The lowest BCUT2D eigenvalue weighted by atomic mass is 9.95. The number of rotatable bonds is 6. The van der Waals surface area contributed by atoms with Crippen LogP contribution in [0.2, 0.25) is 0 Å². The third-order valence-corrected chi connectivity index (χ3v) is 4.24. The van der Waals surface area contributed by atoms with Crippen LogP contribution in [0.3, 0.4) is 0 Å². The lowest BCUT2D eigenvalue weighted by Gasteiger charge is -2.28. The molecule has 1 aromatic carbocycles. The fourth-order valence-corrected chi connectivity index (χ4v) is 2.79. The average Bonchev–Trinajstić information content (AvgIpc) is 2.51. The number of urea groups is 1. The molecule has 1 atom stereocenters. The van der Waals surface area contributed by atoms with E-state index in [0.717, 1.165) is 11.5 Å².